The van der Waals surface area contributed by atoms with E-state index in [4.69, 9.17) is 4.74 Å². The Hall–Kier alpha value is -0.660. The number of rotatable bonds is 6. The first kappa shape index (κ1) is 17.7. The second kappa shape index (κ2) is 6.84. The number of amides is 1. The summed E-state index contributed by atoms with van der Waals surface area (Å²) in [5.41, 5.74) is 0.0631. The van der Waals surface area contributed by atoms with Crippen molar-refractivity contribution in [3.63, 3.8) is 0 Å². The van der Waals surface area contributed by atoms with Crippen LogP contribution in [-0.4, -0.2) is 57.2 Å². The average Bonchev–Trinajstić information content (AvgIpc) is 2.46. The van der Waals surface area contributed by atoms with E-state index in [-0.39, 0.29) is 30.0 Å². The van der Waals surface area contributed by atoms with Crippen LogP contribution in [0, 0.1) is 5.41 Å². The Morgan fingerprint density at radius 2 is 1.95 bits per heavy atom. The highest BCUT2D eigenvalue weighted by atomic mass is 32.2. The van der Waals surface area contributed by atoms with E-state index >= 15 is 0 Å². The summed E-state index contributed by atoms with van der Waals surface area (Å²) in [7, 11) is -1.90. The first-order valence-electron chi connectivity index (χ1n) is 8.12. The summed E-state index contributed by atoms with van der Waals surface area (Å²) in [5.74, 6) is -0.224. The van der Waals surface area contributed by atoms with Crippen LogP contribution in [0.15, 0.2) is 0 Å². The predicted octanol–water partition coefficient (Wildman–Crippen LogP) is 1.12. The van der Waals surface area contributed by atoms with Crippen molar-refractivity contribution in [1.29, 1.82) is 0 Å². The van der Waals surface area contributed by atoms with E-state index in [1.807, 2.05) is 6.92 Å². The number of nitrogens with zero attached hydrogens (tertiary/aromatic N) is 1. The lowest BCUT2D eigenvalue weighted by molar-refractivity contribution is -0.157. The fourth-order valence-corrected chi connectivity index (χ4v) is 4.18. The van der Waals surface area contributed by atoms with Gasteiger partial charge in [-0.2, -0.15) is 4.31 Å². The van der Waals surface area contributed by atoms with Gasteiger partial charge in [-0.1, -0.05) is 19.3 Å². The van der Waals surface area contributed by atoms with Crippen molar-refractivity contribution in [2.24, 2.45) is 5.41 Å². The van der Waals surface area contributed by atoms with Crippen molar-refractivity contribution >= 4 is 15.9 Å². The molecule has 2 aliphatic rings. The van der Waals surface area contributed by atoms with Crippen LogP contribution in [0.25, 0.3) is 0 Å². The van der Waals surface area contributed by atoms with E-state index in [2.05, 4.69) is 5.32 Å². The number of carbonyl (C=O) groups excluding carboxylic acids is 1. The van der Waals surface area contributed by atoms with Crippen LogP contribution in [0.4, 0.5) is 0 Å². The molecule has 0 heterocycles. The van der Waals surface area contributed by atoms with E-state index in [1.54, 1.807) is 0 Å². The lowest BCUT2D eigenvalue weighted by Crippen LogP contribution is -2.66. The standard InChI is InChI=1S/C15H28N2O4S/c1-4-21-13-10-12(15(13)8-6-5-7-9-15)16-14(18)11-17(2)22(3,19)20/h12-13H,4-11H2,1-3H3,(H,16,18)/t12-,13-/m1/s1. The molecule has 1 N–H and O–H groups in total. The Labute approximate surface area is 133 Å². The van der Waals surface area contributed by atoms with Gasteiger partial charge in [-0.3, -0.25) is 4.79 Å². The SMILES string of the molecule is CCO[C@@H]1C[C@@H](NC(=O)CN(C)S(C)(=O)=O)C12CCCCC2. The maximum Gasteiger partial charge on any atom is 0.235 e. The Kier molecular flexibility index (Phi) is 5.50. The van der Waals surface area contributed by atoms with Crippen molar-refractivity contribution in [3.05, 3.63) is 0 Å². The number of likely N-dealkylation sites (N-methyl/N-ethyl adjacent to an activating group) is 1. The van der Waals surface area contributed by atoms with Crippen LogP contribution >= 0.6 is 0 Å². The molecule has 0 radical (unpaired) electrons. The number of carbonyl (C=O) groups is 1. The van der Waals surface area contributed by atoms with Crippen LogP contribution < -0.4 is 5.32 Å². The second-order valence-corrected chi connectivity index (χ2v) is 8.70. The van der Waals surface area contributed by atoms with Gasteiger partial charge in [0.15, 0.2) is 0 Å². The van der Waals surface area contributed by atoms with Gasteiger partial charge in [-0.15, -0.1) is 0 Å². The summed E-state index contributed by atoms with van der Waals surface area (Å²) in [6, 6.07) is 0.116. The smallest absolute Gasteiger partial charge is 0.235 e. The molecule has 2 fully saturated rings. The van der Waals surface area contributed by atoms with Crippen molar-refractivity contribution < 1.29 is 17.9 Å². The lowest BCUT2D eigenvalue weighted by atomic mass is 9.55. The normalized spacial score (nSPS) is 27.6. The molecule has 128 valence electrons. The summed E-state index contributed by atoms with van der Waals surface area (Å²) in [5, 5.41) is 3.04. The highest BCUT2D eigenvalue weighted by Crippen LogP contribution is 2.53. The molecule has 22 heavy (non-hydrogen) atoms. The minimum atomic E-state index is -3.33. The minimum absolute atomic E-state index is 0.0631. The zero-order valence-electron chi connectivity index (χ0n) is 13.8. The van der Waals surface area contributed by atoms with E-state index in [9.17, 15) is 13.2 Å². The zero-order valence-corrected chi connectivity index (χ0v) is 14.6. The first-order valence-corrected chi connectivity index (χ1v) is 9.96. The molecular formula is C15H28N2O4S. The number of ether oxygens (including phenoxy) is 1. The van der Waals surface area contributed by atoms with Crippen LogP contribution in [0.5, 0.6) is 0 Å². The fraction of sp³-hybridized carbons (Fsp3) is 0.933. The molecule has 7 heteroatoms. The number of sulfonamides is 1. The maximum atomic E-state index is 12.1. The molecular weight excluding hydrogens is 304 g/mol. The number of nitrogens with one attached hydrogen (secondary N) is 1. The van der Waals surface area contributed by atoms with Gasteiger partial charge in [0, 0.05) is 25.1 Å². The van der Waals surface area contributed by atoms with E-state index in [1.165, 1.54) is 26.3 Å². The van der Waals surface area contributed by atoms with Crippen LogP contribution in [-0.2, 0) is 19.6 Å². The Morgan fingerprint density at radius 1 is 1.32 bits per heavy atom. The molecule has 2 rings (SSSR count). The van der Waals surface area contributed by atoms with Gasteiger partial charge in [-0.25, -0.2) is 8.42 Å². The molecule has 0 aromatic carbocycles. The topological polar surface area (TPSA) is 75.7 Å². The number of hydrogen-bond acceptors (Lipinski definition) is 4. The Balaban J connectivity index is 1.96. The summed E-state index contributed by atoms with van der Waals surface area (Å²) in [6.45, 7) is 2.58. The third-order valence-electron chi connectivity index (χ3n) is 5.20. The molecule has 0 unspecified atom stereocenters. The van der Waals surface area contributed by atoms with Gasteiger partial charge in [0.2, 0.25) is 15.9 Å². The fourth-order valence-electron chi connectivity index (χ4n) is 3.83. The predicted molar refractivity (Wildman–Crippen MR) is 85.0 cm³/mol. The van der Waals surface area contributed by atoms with Crippen molar-refractivity contribution in [3.8, 4) is 0 Å². The highest BCUT2D eigenvalue weighted by molar-refractivity contribution is 7.88. The summed E-state index contributed by atoms with van der Waals surface area (Å²) < 4.78 is 29.7. The second-order valence-electron chi connectivity index (χ2n) is 6.61. The average molecular weight is 332 g/mol. The minimum Gasteiger partial charge on any atom is -0.378 e. The first-order chi connectivity index (χ1) is 10.3. The largest absolute Gasteiger partial charge is 0.378 e. The molecule has 2 atom stereocenters. The van der Waals surface area contributed by atoms with Gasteiger partial charge < -0.3 is 10.1 Å². The van der Waals surface area contributed by atoms with Crippen molar-refractivity contribution in [1.82, 2.24) is 9.62 Å². The van der Waals surface area contributed by atoms with Gasteiger partial charge >= 0.3 is 0 Å². The van der Waals surface area contributed by atoms with Crippen molar-refractivity contribution in [2.45, 2.75) is 57.6 Å². The summed E-state index contributed by atoms with van der Waals surface area (Å²) in [6.07, 6.45) is 7.96. The van der Waals surface area contributed by atoms with E-state index in [0.29, 0.717) is 6.61 Å². The summed E-state index contributed by atoms with van der Waals surface area (Å²) in [4.78, 5) is 12.1. The molecule has 0 aliphatic heterocycles. The van der Waals surface area contributed by atoms with E-state index in [0.717, 1.165) is 29.8 Å². The molecule has 2 saturated carbocycles. The van der Waals surface area contributed by atoms with Gasteiger partial charge in [0.25, 0.3) is 0 Å². The summed E-state index contributed by atoms with van der Waals surface area (Å²) >= 11 is 0. The molecule has 0 aromatic rings. The number of hydrogen-bond donors (Lipinski definition) is 1. The maximum absolute atomic E-state index is 12.1. The van der Waals surface area contributed by atoms with Gasteiger partial charge in [0.1, 0.15) is 0 Å². The molecule has 1 amide bonds. The van der Waals surface area contributed by atoms with E-state index < -0.39 is 10.0 Å². The lowest BCUT2D eigenvalue weighted by Gasteiger charge is -2.57. The Bertz CT molecular complexity index is 500. The highest BCUT2D eigenvalue weighted by Gasteiger charge is 2.56. The third-order valence-corrected chi connectivity index (χ3v) is 6.47. The molecule has 1 spiro atoms. The quantitative estimate of drug-likeness (QED) is 0.791. The third kappa shape index (κ3) is 3.63. The molecule has 0 bridgehead atoms. The monoisotopic (exact) mass is 332 g/mol. The van der Waals surface area contributed by atoms with Crippen LogP contribution in [0.2, 0.25) is 0 Å². The van der Waals surface area contributed by atoms with Crippen molar-refractivity contribution in [2.75, 3.05) is 26.5 Å². The Morgan fingerprint density at radius 3 is 2.50 bits per heavy atom. The molecule has 6 nitrogen and oxygen atoms in total. The molecule has 0 saturated heterocycles. The zero-order chi connectivity index (χ0) is 16.4. The van der Waals surface area contributed by atoms with Crippen LogP contribution in [0.3, 0.4) is 0 Å². The molecule has 0 aromatic heterocycles. The van der Waals surface area contributed by atoms with Crippen LogP contribution in [0.1, 0.15) is 45.4 Å². The molecule has 2 aliphatic carbocycles. The van der Waals surface area contributed by atoms with Gasteiger partial charge in [0.05, 0.1) is 18.9 Å². The van der Waals surface area contributed by atoms with Gasteiger partial charge in [-0.05, 0) is 26.2 Å².